The van der Waals surface area contributed by atoms with Crippen molar-refractivity contribution >= 4 is 27.7 Å². The SMILES string of the molecule is COC(=O)[C@H]1N[C@H](c2ccccc2)N(S(=O)c2ccc(C)cc2)[C@@H]1c1cccc2ccccc12. The maximum absolute atomic E-state index is 14.2. The first-order valence-electron chi connectivity index (χ1n) is 11.2. The molecule has 4 aromatic rings. The molecule has 4 aromatic carbocycles. The van der Waals surface area contributed by atoms with Gasteiger partial charge in [0.15, 0.2) is 0 Å². The number of hydrogen-bond donors (Lipinski definition) is 1. The number of ether oxygens (including phenoxy) is 1. The fourth-order valence-corrected chi connectivity index (χ4v) is 6.07. The highest BCUT2D eigenvalue weighted by Gasteiger charge is 2.49. The second-order valence-corrected chi connectivity index (χ2v) is 9.81. The average molecular weight is 471 g/mol. The molecule has 5 nitrogen and oxygen atoms in total. The van der Waals surface area contributed by atoms with E-state index in [0.717, 1.165) is 27.5 Å². The summed E-state index contributed by atoms with van der Waals surface area (Å²) in [6.45, 7) is 2.00. The second-order valence-electron chi connectivity index (χ2n) is 8.42. The topological polar surface area (TPSA) is 58.6 Å². The van der Waals surface area contributed by atoms with Crippen LogP contribution in [0.5, 0.6) is 0 Å². The van der Waals surface area contributed by atoms with Gasteiger partial charge in [-0.1, -0.05) is 90.5 Å². The van der Waals surface area contributed by atoms with Crippen LogP contribution >= 0.6 is 0 Å². The molecular weight excluding hydrogens is 444 g/mol. The van der Waals surface area contributed by atoms with Crippen LogP contribution in [0.1, 0.15) is 28.9 Å². The lowest BCUT2D eigenvalue weighted by Gasteiger charge is -2.29. The van der Waals surface area contributed by atoms with Gasteiger partial charge in [-0.25, -0.2) is 4.21 Å². The van der Waals surface area contributed by atoms with Gasteiger partial charge >= 0.3 is 5.97 Å². The summed E-state index contributed by atoms with van der Waals surface area (Å²) in [5.41, 5.74) is 2.96. The molecule has 1 heterocycles. The van der Waals surface area contributed by atoms with Crippen LogP contribution in [0.4, 0.5) is 0 Å². The van der Waals surface area contributed by atoms with E-state index in [0.29, 0.717) is 4.90 Å². The number of aryl methyl sites for hydroxylation is 1. The Labute approximate surface area is 202 Å². The molecule has 1 saturated heterocycles. The Balaban J connectivity index is 1.72. The summed E-state index contributed by atoms with van der Waals surface area (Å²) in [6, 6.07) is 30.4. The normalized spacial score (nSPS) is 21.4. The van der Waals surface area contributed by atoms with E-state index >= 15 is 0 Å². The Morgan fingerprint density at radius 1 is 0.882 bits per heavy atom. The smallest absolute Gasteiger partial charge is 0.324 e. The molecule has 34 heavy (non-hydrogen) atoms. The van der Waals surface area contributed by atoms with Crippen LogP contribution in [-0.2, 0) is 20.5 Å². The Bertz CT molecular complexity index is 1340. The molecule has 0 bridgehead atoms. The molecule has 0 aliphatic carbocycles. The molecule has 0 aromatic heterocycles. The zero-order valence-corrected chi connectivity index (χ0v) is 19.9. The number of rotatable bonds is 5. The number of esters is 1. The monoisotopic (exact) mass is 470 g/mol. The van der Waals surface area contributed by atoms with Crippen molar-refractivity contribution < 1.29 is 13.7 Å². The predicted molar refractivity (Wildman–Crippen MR) is 134 cm³/mol. The first-order chi connectivity index (χ1) is 16.6. The van der Waals surface area contributed by atoms with Crippen LogP contribution in [0.15, 0.2) is 102 Å². The Kier molecular flexibility index (Phi) is 6.28. The number of carbonyl (C=O) groups is 1. The Morgan fingerprint density at radius 2 is 1.56 bits per heavy atom. The Hall–Kier alpha value is -3.32. The summed E-state index contributed by atoms with van der Waals surface area (Å²) < 4.78 is 21.3. The van der Waals surface area contributed by atoms with E-state index < -0.39 is 29.2 Å². The van der Waals surface area contributed by atoms with Gasteiger partial charge < -0.3 is 4.74 Å². The summed E-state index contributed by atoms with van der Waals surface area (Å²) in [4.78, 5) is 13.7. The van der Waals surface area contributed by atoms with E-state index in [1.807, 2.05) is 108 Å². The minimum Gasteiger partial charge on any atom is -0.468 e. The maximum Gasteiger partial charge on any atom is 0.324 e. The van der Waals surface area contributed by atoms with E-state index in [1.165, 1.54) is 7.11 Å². The number of nitrogens with one attached hydrogen (secondary N) is 1. The third-order valence-corrected chi connectivity index (χ3v) is 7.80. The number of nitrogens with zero attached hydrogens (tertiary/aromatic N) is 1. The maximum atomic E-state index is 14.2. The van der Waals surface area contributed by atoms with E-state index in [2.05, 4.69) is 5.32 Å². The highest BCUT2D eigenvalue weighted by molar-refractivity contribution is 7.82. The lowest BCUT2D eigenvalue weighted by atomic mass is 9.95. The van der Waals surface area contributed by atoms with E-state index in [9.17, 15) is 9.00 Å². The fourth-order valence-electron chi connectivity index (χ4n) is 4.64. The van der Waals surface area contributed by atoms with Crippen LogP contribution in [0.25, 0.3) is 10.8 Å². The van der Waals surface area contributed by atoms with E-state index in [-0.39, 0.29) is 5.97 Å². The molecule has 1 N–H and O–H groups in total. The Morgan fingerprint density at radius 3 is 2.29 bits per heavy atom. The van der Waals surface area contributed by atoms with Crippen molar-refractivity contribution in [2.45, 2.75) is 30.1 Å². The largest absolute Gasteiger partial charge is 0.468 e. The van der Waals surface area contributed by atoms with E-state index in [1.54, 1.807) is 0 Å². The van der Waals surface area contributed by atoms with Crippen LogP contribution < -0.4 is 5.32 Å². The number of benzene rings is 4. The van der Waals surface area contributed by atoms with Crippen molar-refractivity contribution in [2.75, 3.05) is 7.11 Å². The minimum absolute atomic E-state index is 0.387. The zero-order valence-electron chi connectivity index (χ0n) is 19.0. The summed E-state index contributed by atoms with van der Waals surface area (Å²) >= 11 is 0. The lowest BCUT2D eigenvalue weighted by molar-refractivity contribution is -0.143. The van der Waals surface area contributed by atoms with Gasteiger partial charge in [-0.3, -0.25) is 10.1 Å². The number of fused-ring (bicyclic) bond motifs is 1. The van der Waals surface area contributed by atoms with Crippen molar-refractivity contribution in [1.29, 1.82) is 0 Å². The van der Waals surface area contributed by atoms with Gasteiger partial charge in [-0.2, -0.15) is 4.31 Å². The average Bonchev–Trinajstić information content (AvgIpc) is 3.29. The van der Waals surface area contributed by atoms with Gasteiger partial charge in [0, 0.05) is 0 Å². The molecule has 0 radical (unpaired) electrons. The molecular formula is C28H26N2O3S. The van der Waals surface area contributed by atoms with Gasteiger partial charge in [0.25, 0.3) is 0 Å². The first-order valence-corrected chi connectivity index (χ1v) is 12.3. The third-order valence-electron chi connectivity index (χ3n) is 6.31. The molecule has 172 valence electrons. The van der Waals surface area contributed by atoms with Crippen LogP contribution in [0.2, 0.25) is 0 Å². The van der Waals surface area contributed by atoms with Crippen LogP contribution in [-0.4, -0.2) is 27.6 Å². The van der Waals surface area contributed by atoms with Crippen molar-refractivity contribution in [3.63, 3.8) is 0 Å². The molecule has 0 spiro atoms. The molecule has 1 aliphatic heterocycles. The quantitative estimate of drug-likeness (QED) is 0.415. The van der Waals surface area contributed by atoms with Gasteiger partial charge in [0.05, 0.1) is 24.2 Å². The molecule has 5 rings (SSSR count). The van der Waals surface area contributed by atoms with Crippen molar-refractivity contribution in [2.24, 2.45) is 0 Å². The molecule has 1 fully saturated rings. The van der Waals surface area contributed by atoms with Crippen molar-refractivity contribution in [3.8, 4) is 0 Å². The first kappa shape index (κ1) is 22.5. The van der Waals surface area contributed by atoms with E-state index in [4.69, 9.17) is 4.74 Å². The third kappa shape index (κ3) is 4.05. The molecule has 0 saturated carbocycles. The van der Waals surface area contributed by atoms with Gasteiger partial charge in [0.1, 0.15) is 17.0 Å². The number of methoxy groups -OCH3 is 1. The van der Waals surface area contributed by atoms with Gasteiger partial charge in [-0.05, 0) is 41.0 Å². The second kappa shape index (κ2) is 9.50. The summed E-state index contributed by atoms with van der Waals surface area (Å²) in [5.74, 6) is -0.387. The van der Waals surface area contributed by atoms with Crippen molar-refractivity contribution in [3.05, 3.63) is 114 Å². The van der Waals surface area contributed by atoms with Gasteiger partial charge in [0.2, 0.25) is 0 Å². The summed E-state index contributed by atoms with van der Waals surface area (Å²) in [7, 11) is -0.157. The highest BCUT2D eigenvalue weighted by Crippen LogP contribution is 2.43. The number of carbonyl (C=O) groups excluding carboxylic acids is 1. The molecule has 6 heteroatoms. The summed E-state index contributed by atoms with van der Waals surface area (Å²) in [5, 5.41) is 5.52. The minimum atomic E-state index is -1.55. The zero-order chi connectivity index (χ0) is 23.7. The molecule has 1 aliphatic rings. The lowest BCUT2D eigenvalue weighted by Crippen LogP contribution is -2.37. The standard InChI is InChI=1S/C28H26N2O3S/c1-19-15-17-22(18-16-19)34(32)30-26(24-14-8-12-20-9-6-7-13-23(20)24)25(28(31)33-2)29-27(30)21-10-4-3-5-11-21/h3-18,25-27,29H,1-2H3/t25-,26+,27-,34?/m0/s1. The predicted octanol–water partition coefficient (Wildman–Crippen LogP) is 5.06. The van der Waals surface area contributed by atoms with Crippen LogP contribution in [0, 0.1) is 6.92 Å². The summed E-state index contributed by atoms with van der Waals surface area (Å²) in [6.07, 6.45) is -0.448. The highest BCUT2D eigenvalue weighted by atomic mass is 32.2. The fraction of sp³-hybridized carbons (Fsp3) is 0.179. The number of hydrogen-bond acceptors (Lipinski definition) is 4. The van der Waals surface area contributed by atoms with Crippen LogP contribution in [0.3, 0.4) is 0 Å². The molecule has 4 atom stereocenters. The van der Waals surface area contributed by atoms with Gasteiger partial charge in [-0.15, -0.1) is 0 Å². The molecule has 0 amide bonds. The van der Waals surface area contributed by atoms with Crippen molar-refractivity contribution in [1.82, 2.24) is 9.62 Å². The molecule has 1 unspecified atom stereocenters.